The summed E-state index contributed by atoms with van der Waals surface area (Å²) in [5.41, 5.74) is 0. The van der Waals surface area contributed by atoms with Crippen LogP contribution in [0.3, 0.4) is 0 Å². The van der Waals surface area contributed by atoms with Crippen LogP contribution >= 0.6 is 0 Å². The van der Waals surface area contributed by atoms with Crippen LogP contribution in [-0.4, -0.2) is 15.5 Å². The molecule has 4 heteroatoms. The molecular formula is C3H6O3Si. The summed E-state index contributed by atoms with van der Waals surface area (Å²) in [5.74, 6) is 0. The first-order valence-corrected chi connectivity index (χ1v) is 3.42. The smallest absolute Gasteiger partial charge is 0.461 e. The summed E-state index contributed by atoms with van der Waals surface area (Å²) in [5, 5.41) is 0. The first kappa shape index (κ1) is 4.77. The summed E-state index contributed by atoms with van der Waals surface area (Å²) in [6, 6.07) is 0. The normalized spacial score (nSPS) is 19.9. The Morgan fingerprint density at radius 1 is 1.71 bits per heavy atom. The van der Waals surface area contributed by atoms with E-state index < -0.39 is 9.17 Å². The van der Waals surface area contributed by atoms with Crippen molar-refractivity contribution in [2.75, 3.05) is 0 Å². The summed E-state index contributed by atoms with van der Waals surface area (Å²) in [6.07, 6.45) is 0.613. The Bertz CT molecular complexity index is 84.2. The lowest BCUT2D eigenvalue weighted by Crippen LogP contribution is -2.37. The minimum absolute atomic E-state index is 0.175. The third-order valence-electron chi connectivity index (χ3n) is 0.789. The zero-order valence-corrected chi connectivity index (χ0v) is 5.01. The van der Waals surface area contributed by atoms with Gasteiger partial charge in [0, 0.05) is 6.42 Å². The van der Waals surface area contributed by atoms with E-state index in [0.717, 1.165) is 6.42 Å². The van der Waals surface area contributed by atoms with Crippen molar-refractivity contribution in [1.29, 1.82) is 0 Å². The van der Waals surface area contributed by atoms with Crippen LogP contribution < -0.4 is 0 Å². The molecular weight excluding hydrogens is 112 g/mol. The molecule has 3 nitrogen and oxygen atoms in total. The van der Waals surface area contributed by atoms with Gasteiger partial charge in [0.2, 0.25) is 6.29 Å². The fraction of sp³-hybridized carbons (Fsp3) is 1.00. The highest BCUT2D eigenvalue weighted by molar-refractivity contribution is 6.28. The van der Waals surface area contributed by atoms with Gasteiger partial charge in [0.1, 0.15) is 0 Å². The molecule has 0 unspecified atom stereocenters. The van der Waals surface area contributed by atoms with Gasteiger partial charge in [-0.1, -0.05) is 6.92 Å². The quantitative estimate of drug-likeness (QED) is 0.461. The Morgan fingerprint density at radius 3 is 2.43 bits per heavy atom. The van der Waals surface area contributed by atoms with Gasteiger partial charge in [-0.2, -0.15) is 0 Å². The second kappa shape index (κ2) is 1.61. The monoisotopic (exact) mass is 118 g/mol. The van der Waals surface area contributed by atoms with Crippen molar-refractivity contribution in [2.45, 2.75) is 19.6 Å². The minimum atomic E-state index is -2.00. The van der Waals surface area contributed by atoms with E-state index in [2.05, 4.69) is 8.85 Å². The van der Waals surface area contributed by atoms with E-state index in [1.165, 1.54) is 0 Å². The van der Waals surface area contributed by atoms with E-state index in [-0.39, 0.29) is 6.29 Å². The average Bonchev–Trinajstić information content (AvgIpc) is 1.58. The Labute approximate surface area is 43.1 Å². The van der Waals surface area contributed by atoms with Crippen molar-refractivity contribution in [3.63, 3.8) is 0 Å². The van der Waals surface area contributed by atoms with Crippen LogP contribution in [0, 0.1) is 0 Å². The van der Waals surface area contributed by atoms with Gasteiger partial charge in [0.05, 0.1) is 0 Å². The third kappa shape index (κ3) is 0.795. The molecule has 40 valence electrons. The minimum Gasteiger partial charge on any atom is -0.461 e. The van der Waals surface area contributed by atoms with Crippen LogP contribution in [0.2, 0.25) is 0 Å². The van der Waals surface area contributed by atoms with Gasteiger partial charge in [-0.3, -0.25) is 4.46 Å². The highest BCUT2D eigenvalue weighted by Crippen LogP contribution is 2.09. The Hall–Kier alpha value is -0.383. The summed E-state index contributed by atoms with van der Waals surface area (Å²) in [7, 11) is -2.00. The van der Waals surface area contributed by atoms with Gasteiger partial charge in [-0.15, -0.1) is 0 Å². The summed E-state index contributed by atoms with van der Waals surface area (Å²) in [6.45, 7) is 1.92. The van der Waals surface area contributed by atoms with Gasteiger partial charge in [0.25, 0.3) is 0 Å². The van der Waals surface area contributed by atoms with Gasteiger partial charge in [0.15, 0.2) is 0 Å². The molecule has 1 fully saturated rings. The molecule has 0 aromatic heterocycles. The molecule has 0 N–H and O–H groups in total. The lowest BCUT2D eigenvalue weighted by Gasteiger charge is -2.24. The molecule has 0 aliphatic carbocycles. The number of hydrogen-bond acceptors (Lipinski definition) is 3. The molecule has 7 heavy (non-hydrogen) atoms. The van der Waals surface area contributed by atoms with Crippen molar-refractivity contribution in [3.8, 4) is 0 Å². The standard InChI is InChI=1S/C3H6O3Si/c1-2-3-5-7(4)6-3/h3H,2H2,1H3. The van der Waals surface area contributed by atoms with E-state index in [0.29, 0.717) is 0 Å². The second-order valence-corrected chi connectivity index (χ2v) is 2.29. The van der Waals surface area contributed by atoms with Crippen LogP contribution in [0.5, 0.6) is 0 Å². The molecule has 0 aromatic rings. The van der Waals surface area contributed by atoms with Crippen LogP contribution in [0.15, 0.2) is 0 Å². The molecule has 0 atom stereocenters. The molecule has 0 bridgehead atoms. The van der Waals surface area contributed by atoms with Gasteiger partial charge < -0.3 is 8.85 Å². The predicted octanol–water partition coefficient (Wildman–Crippen LogP) is 0.185. The predicted molar refractivity (Wildman–Crippen MR) is 22.7 cm³/mol. The average molecular weight is 118 g/mol. The summed E-state index contributed by atoms with van der Waals surface area (Å²) >= 11 is 0. The summed E-state index contributed by atoms with van der Waals surface area (Å²) < 4.78 is 19.2. The maximum atomic E-state index is 10.0. The van der Waals surface area contributed by atoms with Crippen molar-refractivity contribution < 1.29 is 13.3 Å². The first-order chi connectivity index (χ1) is 3.33. The Morgan fingerprint density at radius 2 is 2.29 bits per heavy atom. The highest BCUT2D eigenvalue weighted by atomic mass is 28.3. The van der Waals surface area contributed by atoms with E-state index in [4.69, 9.17) is 0 Å². The number of rotatable bonds is 1. The third-order valence-corrected chi connectivity index (χ3v) is 1.70. The van der Waals surface area contributed by atoms with Crippen LogP contribution in [0.4, 0.5) is 0 Å². The van der Waals surface area contributed by atoms with Crippen molar-refractivity contribution in [3.05, 3.63) is 0 Å². The molecule has 0 saturated carbocycles. The molecule has 0 amide bonds. The summed E-state index contributed by atoms with van der Waals surface area (Å²) in [4.78, 5) is 0. The van der Waals surface area contributed by atoms with Crippen LogP contribution in [0.1, 0.15) is 13.3 Å². The topological polar surface area (TPSA) is 35.5 Å². The second-order valence-electron chi connectivity index (χ2n) is 1.32. The molecule has 1 aliphatic heterocycles. The van der Waals surface area contributed by atoms with Gasteiger partial charge >= 0.3 is 9.17 Å². The van der Waals surface area contributed by atoms with Gasteiger partial charge in [-0.05, 0) is 0 Å². The number of hydrogen-bond donors (Lipinski definition) is 0. The Kier molecular flexibility index (Phi) is 1.10. The molecule has 1 heterocycles. The fourth-order valence-electron chi connectivity index (χ4n) is 0.390. The lowest BCUT2D eigenvalue weighted by molar-refractivity contribution is -0.123. The highest BCUT2D eigenvalue weighted by Gasteiger charge is 2.31. The van der Waals surface area contributed by atoms with Crippen molar-refractivity contribution in [2.24, 2.45) is 0 Å². The molecule has 1 saturated heterocycles. The van der Waals surface area contributed by atoms with E-state index >= 15 is 0 Å². The SMILES string of the molecule is CCC1O[Si](=O)O1. The Balaban J connectivity index is 2.17. The molecule has 0 aromatic carbocycles. The van der Waals surface area contributed by atoms with Gasteiger partial charge in [-0.25, -0.2) is 0 Å². The van der Waals surface area contributed by atoms with Crippen LogP contribution in [0.25, 0.3) is 0 Å². The lowest BCUT2D eigenvalue weighted by atomic mass is 10.5. The largest absolute Gasteiger partial charge is 0.772 e. The zero-order chi connectivity index (χ0) is 5.28. The fourth-order valence-corrected chi connectivity index (χ4v) is 1.17. The van der Waals surface area contributed by atoms with Crippen LogP contribution in [-0.2, 0) is 13.3 Å². The van der Waals surface area contributed by atoms with E-state index in [9.17, 15) is 4.46 Å². The van der Waals surface area contributed by atoms with Crippen molar-refractivity contribution >= 4 is 9.17 Å². The maximum Gasteiger partial charge on any atom is 0.772 e. The van der Waals surface area contributed by atoms with E-state index in [1.54, 1.807) is 0 Å². The molecule has 1 rings (SSSR count). The zero-order valence-electron chi connectivity index (χ0n) is 4.01. The first-order valence-electron chi connectivity index (χ1n) is 2.20. The van der Waals surface area contributed by atoms with Crippen molar-refractivity contribution in [1.82, 2.24) is 0 Å². The molecule has 0 radical (unpaired) electrons. The molecule has 0 spiro atoms. The molecule has 1 aliphatic rings. The van der Waals surface area contributed by atoms with E-state index in [1.807, 2.05) is 6.92 Å². The maximum absolute atomic E-state index is 10.0.